The molecule has 1 saturated heterocycles. The van der Waals surface area contributed by atoms with Crippen LogP contribution in [0.15, 0.2) is 24.3 Å². The van der Waals surface area contributed by atoms with E-state index in [0.717, 1.165) is 24.3 Å². The van der Waals surface area contributed by atoms with E-state index in [1.165, 1.54) is 12.8 Å². The fourth-order valence-electron chi connectivity index (χ4n) is 2.91. The standard InChI is InChI=1S/C16H24N2O/c1-4-16(19)14-9-5-6-10-15(14)18-11-7-8-13(18)12-17(2)3/h5-6,9-10,13H,4,7-8,11-12H2,1-3H3. The van der Waals surface area contributed by atoms with E-state index < -0.39 is 0 Å². The van der Waals surface area contributed by atoms with E-state index in [9.17, 15) is 4.79 Å². The van der Waals surface area contributed by atoms with Crippen LogP contribution in [0.5, 0.6) is 0 Å². The van der Waals surface area contributed by atoms with Gasteiger partial charge in [0.2, 0.25) is 0 Å². The maximum absolute atomic E-state index is 12.1. The first kappa shape index (κ1) is 14.1. The predicted octanol–water partition coefficient (Wildman–Crippen LogP) is 2.81. The number of Topliss-reactive ketones (excluding diaryl/α,β-unsaturated/α-hetero) is 1. The van der Waals surface area contributed by atoms with Gasteiger partial charge in [0.05, 0.1) is 0 Å². The number of carbonyl (C=O) groups is 1. The van der Waals surface area contributed by atoms with Crippen molar-refractivity contribution in [3.63, 3.8) is 0 Å². The van der Waals surface area contributed by atoms with Crippen molar-refractivity contribution in [1.29, 1.82) is 0 Å². The second-order valence-corrected chi connectivity index (χ2v) is 5.55. The van der Waals surface area contributed by atoms with Crippen molar-refractivity contribution in [3.8, 4) is 0 Å². The van der Waals surface area contributed by atoms with Gasteiger partial charge in [0.25, 0.3) is 0 Å². The molecule has 1 aliphatic rings. The van der Waals surface area contributed by atoms with E-state index in [-0.39, 0.29) is 5.78 Å². The van der Waals surface area contributed by atoms with Gasteiger partial charge >= 0.3 is 0 Å². The monoisotopic (exact) mass is 260 g/mol. The Morgan fingerprint density at radius 1 is 1.37 bits per heavy atom. The smallest absolute Gasteiger partial charge is 0.164 e. The Kier molecular flexibility index (Phi) is 4.59. The Bertz CT molecular complexity index is 442. The van der Waals surface area contributed by atoms with E-state index in [4.69, 9.17) is 0 Å². The Balaban J connectivity index is 2.27. The number of para-hydroxylation sites is 1. The maximum Gasteiger partial charge on any atom is 0.164 e. The highest BCUT2D eigenvalue weighted by Gasteiger charge is 2.27. The molecular formula is C16H24N2O. The van der Waals surface area contributed by atoms with Gasteiger partial charge in [-0.1, -0.05) is 19.1 Å². The second-order valence-electron chi connectivity index (χ2n) is 5.55. The van der Waals surface area contributed by atoms with Gasteiger partial charge in [0.1, 0.15) is 0 Å². The third-order valence-corrected chi connectivity index (χ3v) is 3.79. The Morgan fingerprint density at radius 3 is 2.79 bits per heavy atom. The zero-order valence-corrected chi connectivity index (χ0v) is 12.2. The number of nitrogens with zero attached hydrogens (tertiary/aromatic N) is 2. The summed E-state index contributed by atoms with van der Waals surface area (Å²) in [5.74, 6) is 0.242. The third-order valence-electron chi connectivity index (χ3n) is 3.79. The number of anilines is 1. The van der Waals surface area contributed by atoms with Crippen molar-refractivity contribution in [1.82, 2.24) is 4.90 Å². The molecule has 0 bridgehead atoms. The van der Waals surface area contributed by atoms with Gasteiger partial charge < -0.3 is 9.80 Å². The summed E-state index contributed by atoms with van der Waals surface area (Å²) in [4.78, 5) is 16.7. The molecule has 0 saturated carbocycles. The molecule has 3 nitrogen and oxygen atoms in total. The molecule has 1 aromatic rings. The van der Waals surface area contributed by atoms with Gasteiger partial charge in [-0.25, -0.2) is 0 Å². The van der Waals surface area contributed by atoms with E-state index in [1.54, 1.807) is 0 Å². The molecule has 1 unspecified atom stereocenters. The Morgan fingerprint density at radius 2 is 2.11 bits per heavy atom. The van der Waals surface area contributed by atoms with Gasteiger partial charge in [-0.05, 0) is 39.1 Å². The van der Waals surface area contributed by atoms with Crippen LogP contribution >= 0.6 is 0 Å². The minimum absolute atomic E-state index is 0.242. The van der Waals surface area contributed by atoms with Crippen LogP contribution in [0, 0.1) is 0 Å². The number of benzene rings is 1. The van der Waals surface area contributed by atoms with Crippen LogP contribution in [0.4, 0.5) is 5.69 Å². The van der Waals surface area contributed by atoms with Crippen molar-refractivity contribution in [3.05, 3.63) is 29.8 Å². The molecule has 1 heterocycles. The lowest BCUT2D eigenvalue weighted by Crippen LogP contribution is -2.38. The van der Waals surface area contributed by atoms with E-state index in [2.05, 4.69) is 30.0 Å². The minimum atomic E-state index is 0.242. The number of rotatable bonds is 5. The lowest BCUT2D eigenvalue weighted by atomic mass is 10.0. The molecule has 1 aliphatic heterocycles. The number of hydrogen-bond acceptors (Lipinski definition) is 3. The highest BCUT2D eigenvalue weighted by atomic mass is 16.1. The summed E-state index contributed by atoms with van der Waals surface area (Å²) < 4.78 is 0. The third kappa shape index (κ3) is 3.16. The van der Waals surface area contributed by atoms with Crippen molar-refractivity contribution in [2.45, 2.75) is 32.2 Å². The molecule has 0 amide bonds. The molecule has 0 spiro atoms. The molecule has 104 valence electrons. The summed E-state index contributed by atoms with van der Waals surface area (Å²) in [6, 6.07) is 8.58. The van der Waals surface area contributed by atoms with Crippen LogP contribution in [-0.4, -0.2) is 43.9 Å². The van der Waals surface area contributed by atoms with Crippen LogP contribution in [-0.2, 0) is 0 Å². The van der Waals surface area contributed by atoms with Crippen LogP contribution in [0.1, 0.15) is 36.5 Å². The molecule has 0 N–H and O–H groups in total. The largest absolute Gasteiger partial charge is 0.367 e. The first-order chi connectivity index (χ1) is 9.13. The maximum atomic E-state index is 12.1. The van der Waals surface area contributed by atoms with Gasteiger partial charge in [-0.2, -0.15) is 0 Å². The second kappa shape index (κ2) is 6.20. The summed E-state index contributed by atoms with van der Waals surface area (Å²) in [7, 11) is 4.22. The molecule has 1 aromatic carbocycles. The average Bonchev–Trinajstić information content (AvgIpc) is 2.85. The molecular weight excluding hydrogens is 236 g/mol. The fraction of sp³-hybridized carbons (Fsp3) is 0.562. The van der Waals surface area contributed by atoms with Crippen molar-refractivity contribution in [2.75, 3.05) is 32.1 Å². The predicted molar refractivity (Wildman–Crippen MR) is 80.0 cm³/mol. The summed E-state index contributed by atoms with van der Waals surface area (Å²) in [5, 5.41) is 0. The number of carbonyl (C=O) groups excluding carboxylic acids is 1. The number of ketones is 1. The van der Waals surface area contributed by atoms with Crippen LogP contribution in [0.3, 0.4) is 0 Å². The fourth-order valence-corrected chi connectivity index (χ4v) is 2.91. The van der Waals surface area contributed by atoms with Crippen LogP contribution in [0.2, 0.25) is 0 Å². The molecule has 19 heavy (non-hydrogen) atoms. The van der Waals surface area contributed by atoms with E-state index in [1.807, 2.05) is 25.1 Å². The molecule has 1 atom stereocenters. The SMILES string of the molecule is CCC(=O)c1ccccc1N1CCCC1CN(C)C. The van der Waals surface area contributed by atoms with Gasteiger partial charge in [0.15, 0.2) is 5.78 Å². The van der Waals surface area contributed by atoms with Gasteiger partial charge in [-0.3, -0.25) is 4.79 Å². The van der Waals surface area contributed by atoms with Crippen LogP contribution < -0.4 is 4.90 Å². The highest BCUT2D eigenvalue weighted by molar-refractivity contribution is 6.01. The molecule has 0 radical (unpaired) electrons. The molecule has 1 fully saturated rings. The first-order valence-corrected chi connectivity index (χ1v) is 7.17. The molecule has 3 heteroatoms. The zero-order chi connectivity index (χ0) is 13.8. The Labute approximate surface area is 116 Å². The topological polar surface area (TPSA) is 23.6 Å². The summed E-state index contributed by atoms with van der Waals surface area (Å²) in [6.07, 6.45) is 3.00. The highest BCUT2D eigenvalue weighted by Crippen LogP contribution is 2.29. The quantitative estimate of drug-likeness (QED) is 0.761. The first-order valence-electron chi connectivity index (χ1n) is 7.17. The van der Waals surface area contributed by atoms with Gasteiger partial charge in [0, 0.05) is 36.8 Å². The Hall–Kier alpha value is -1.35. The number of likely N-dealkylation sites (N-methyl/N-ethyl adjacent to an activating group) is 1. The van der Waals surface area contributed by atoms with Crippen LogP contribution in [0.25, 0.3) is 0 Å². The van der Waals surface area contributed by atoms with Crippen molar-refractivity contribution >= 4 is 11.5 Å². The van der Waals surface area contributed by atoms with E-state index >= 15 is 0 Å². The summed E-state index contributed by atoms with van der Waals surface area (Å²) >= 11 is 0. The average molecular weight is 260 g/mol. The van der Waals surface area contributed by atoms with Crippen molar-refractivity contribution < 1.29 is 4.79 Å². The number of hydrogen-bond donors (Lipinski definition) is 0. The minimum Gasteiger partial charge on any atom is -0.367 e. The lowest BCUT2D eigenvalue weighted by Gasteiger charge is -2.30. The summed E-state index contributed by atoms with van der Waals surface area (Å²) in [6.45, 7) is 4.04. The zero-order valence-electron chi connectivity index (χ0n) is 12.2. The van der Waals surface area contributed by atoms with E-state index in [0.29, 0.717) is 12.5 Å². The molecule has 0 aliphatic carbocycles. The molecule has 0 aromatic heterocycles. The van der Waals surface area contributed by atoms with Gasteiger partial charge in [-0.15, -0.1) is 0 Å². The normalized spacial score (nSPS) is 19.2. The molecule has 2 rings (SSSR count). The lowest BCUT2D eigenvalue weighted by molar-refractivity contribution is 0.0988. The summed E-state index contributed by atoms with van der Waals surface area (Å²) in [5.41, 5.74) is 2.01. The van der Waals surface area contributed by atoms with Crippen molar-refractivity contribution in [2.24, 2.45) is 0 Å².